The summed E-state index contributed by atoms with van der Waals surface area (Å²) < 4.78 is 10.6. The third-order valence-electron chi connectivity index (χ3n) is 3.19. The van der Waals surface area contributed by atoms with E-state index >= 15 is 0 Å². The fourth-order valence-corrected chi connectivity index (χ4v) is 2.22. The summed E-state index contributed by atoms with van der Waals surface area (Å²) in [6.07, 6.45) is 4.33. The van der Waals surface area contributed by atoms with E-state index in [1.165, 1.54) is 0 Å². The Bertz CT molecular complexity index is 593. The molecule has 0 saturated heterocycles. The molecule has 1 amide bonds. The highest BCUT2D eigenvalue weighted by Gasteiger charge is 2.19. The summed E-state index contributed by atoms with van der Waals surface area (Å²) in [4.78, 5) is 16.5. The van der Waals surface area contributed by atoms with Gasteiger partial charge in [0.2, 0.25) is 0 Å². The lowest BCUT2D eigenvalue weighted by atomic mass is 9.98. The van der Waals surface area contributed by atoms with Crippen molar-refractivity contribution in [3.63, 3.8) is 0 Å². The molecule has 0 bridgehead atoms. The molecule has 0 fully saturated rings. The topological polar surface area (TPSA) is 64.4 Å². The number of amides is 1. The molecule has 2 rings (SSSR count). The van der Waals surface area contributed by atoms with Crippen LogP contribution < -0.4 is 10.1 Å². The van der Waals surface area contributed by atoms with Crippen molar-refractivity contribution in [2.45, 2.75) is 33.2 Å². The highest BCUT2D eigenvalue weighted by Crippen LogP contribution is 2.22. The molecule has 118 valence electrons. The predicted molar refractivity (Wildman–Crippen MR) is 83.8 cm³/mol. The number of rotatable bonds is 7. The van der Waals surface area contributed by atoms with Crippen LogP contribution in [0.4, 0.5) is 0 Å². The van der Waals surface area contributed by atoms with Crippen molar-refractivity contribution in [1.82, 2.24) is 10.3 Å². The summed E-state index contributed by atoms with van der Waals surface area (Å²) >= 11 is 0. The van der Waals surface area contributed by atoms with Crippen LogP contribution in [0.15, 0.2) is 41.1 Å². The Labute approximate surface area is 130 Å². The highest BCUT2D eigenvalue weighted by molar-refractivity contribution is 5.91. The fraction of sp³-hybridized carbons (Fsp3) is 0.412. The second-order valence-electron chi connectivity index (χ2n) is 5.49. The van der Waals surface area contributed by atoms with Crippen molar-refractivity contribution >= 4 is 5.91 Å². The molecule has 2 aromatic rings. The third kappa shape index (κ3) is 4.35. The van der Waals surface area contributed by atoms with Crippen LogP contribution in [0.3, 0.4) is 0 Å². The summed E-state index contributed by atoms with van der Waals surface area (Å²) in [7, 11) is 0. The van der Waals surface area contributed by atoms with Crippen LogP contribution in [0.5, 0.6) is 5.95 Å². The first-order valence-corrected chi connectivity index (χ1v) is 7.53. The highest BCUT2D eigenvalue weighted by atomic mass is 16.6. The molecule has 2 heterocycles. The minimum absolute atomic E-state index is 0.0955. The predicted octanol–water partition coefficient (Wildman–Crippen LogP) is 3.59. The number of ether oxygens (including phenoxy) is 1. The molecular weight excluding hydrogens is 280 g/mol. The second kappa shape index (κ2) is 7.64. The van der Waals surface area contributed by atoms with Crippen LogP contribution in [0.1, 0.15) is 49.4 Å². The number of hydrogen-bond acceptors (Lipinski definition) is 4. The lowest BCUT2D eigenvalue weighted by Gasteiger charge is -2.20. The molecule has 0 saturated carbocycles. The molecule has 1 N–H and O–H groups in total. The first-order chi connectivity index (χ1) is 10.6. The lowest BCUT2D eigenvalue weighted by Crippen LogP contribution is -2.29. The second-order valence-corrected chi connectivity index (χ2v) is 5.49. The van der Waals surface area contributed by atoms with Gasteiger partial charge in [0.25, 0.3) is 11.9 Å². The molecule has 5 nitrogen and oxygen atoms in total. The molecule has 0 aliphatic heterocycles. The van der Waals surface area contributed by atoms with Gasteiger partial charge in [0.1, 0.15) is 0 Å². The van der Waals surface area contributed by atoms with Crippen LogP contribution in [0, 0.1) is 5.92 Å². The molecule has 1 unspecified atom stereocenters. The lowest BCUT2D eigenvalue weighted by molar-refractivity contribution is 0.0895. The molecule has 0 aromatic carbocycles. The zero-order valence-corrected chi connectivity index (χ0v) is 13.2. The number of aromatic nitrogens is 1. The van der Waals surface area contributed by atoms with E-state index < -0.39 is 0 Å². The van der Waals surface area contributed by atoms with Gasteiger partial charge in [0.05, 0.1) is 12.6 Å². The van der Waals surface area contributed by atoms with Crippen molar-refractivity contribution in [2.75, 3.05) is 6.61 Å². The zero-order valence-electron chi connectivity index (χ0n) is 13.2. The molecule has 5 heteroatoms. The van der Waals surface area contributed by atoms with E-state index in [0.29, 0.717) is 18.5 Å². The Morgan fingerprint density at radius 3 is 2.82 bits per heavy atom. The standard InChI is InChI=1S/C17H22N2O3/c1-4-21-16-8-7-15(22-16)17(20)19-14(10-12(2)3)13-6-5-9-18-11-13/h5-9,11-12,14H,4,10H2,1-3H3,(H,19,20). The van der Waals surface area contributed by atoms with E-state index in [4.69, 9.17) is 9.15 Å². The van der Waals surface area contributed by atoms with Gasteiger partial charge in [-0.15, -0.1) is 0 Å². The van der Waals surface area contributed by atoms with Gasteiger partial charge in [0, 0.05) is 18.5 Å². The number of carbonyl (C=O) groups excluding carboxylic acids is 1. The summed E-state index contributed by atoms with van der Waals surface area (Å²) in [6.45, 7) is 6.61. The summed E-state index contributed by atoms with van der Waals surface area (Å²) in [5, 5.41) is 3.01. The average molecular weight is 302 g/mol. The van der Waals surface area contributed by atoms with Gasteiger partial charge in [-0.05, 0) is 37.0 Å². The van der Waals surface area contributed by atoms with Gasteiger partial charge in [0.15, 0.2) is 5.76 Å². The zero-order chi connectivity index (χ0) is 15.9. The molecule has 0 aliphatic carbocycles. The van der Waals surface area contributed by atoms with E-state index in [2.05, 4.69) is 24.1 Å². The van der Waals surface area contributed by atoms with Crippen LogP contribution in [0.2, 0.25) is 0 Å². The summed E-state index contributed by atoms with van der Waals surface area (Å²) in [5.41, 5.74) is 0.987. The minimum atomic E-state index is -0.250. The first-order valence-electron chi connectivity index (χ1n) is 7.53. The molecule has 2 aromatic heterocycles. The number of hydrogen-bond donors (Lipinski definition) is 1. The largest absolute Gasteiger partial charge is 0.465 e. The number of furan rings is 1. The van der Waals surface area contributed by atoms with Gasteiger partial charge >= 0.3 is 0 Å². The van der Waals surface area contributed by atoms with Crippen molar-refractivity contribution < 1.29 is 13.9 Å². The summed E-state index contributed by atoms with van der Waals surface area (Å²) in [5.74, 6) is 0.803. The SMILES string of the molecule is CCOc1ccc(C(=O)NC(CC(C)C)c2cccnc2)o1. The quantitative estimate of drug-likeness (QED) is 0.849. The first kappa shape index (κ1) is 16.1. The maximum atomic E-state index is 12.3. The van der Waals surface area contributed by atoms with E-state index in [1.807, 2.05) is 19.1 Å². The maximum absolute atomic E-state index is 12.3. The maximum Gasteiger partial charge on any atom is 0.287 e. The molecular formula is C17H22N2O3. The number of nitrogens with one attached hydrogen (secondary N) is 1. The van der Waals surface area contributed by atoms with Crippen molar-refractivity contribution in [2.24, 2.45) is 5.92 Å². The molecule has 0 spiro atoms. The average Bonchev–Trinajstić information content (AvgIpc) is 2.96. The van der Waals surface area contributed by atoms with E-state index in [-0.39, 0.29) is 17.7 Å². The Kier molecular flexibility index (Phi) is 5.58. The van der Waals surface area contributed by atoms with Gasteiger partial charge in [-0.3, -0.25) is 9.78 Å². The third-order valence-corrected chi connectivity index (χ3v) is 3.19. The van der Waals surface area contributed by atoms with Crippen molar-refractivity contribution in [3.8, 4) is 5.95 Å². The van der Waals surface area contributed by atoms with Crippen LogP contribution in [-0.4, -0.2) is 17.5 Å². The number of nitrogens with zero attached hydrogens (tertiary/aromatic N) is 1. The molecule has 1 atom stereocenters. The Hall–Kier alpha value is -2.30. The Balaban J connectivity index is 2.10. The number of carbonyl (C=O) groups is 1. The van der Waals surface area contributed by atoms with Gasteiger partial charge in [-0.2, -0.15) is 0 Å². The molecule has 0 radical (unpaired) electrons. The molecule has 0 aliphatic rings. The Morgan fingerprint density at radius 1 is 1.36 bits per heavy atom. The van der Waals surface area contributed by atoms with E-state index in [1.54, 1.807) is 24.5 Å². The molecule has 22 heavy (non-hydrogen) atoms. The monoisotopic (exact) mass is 302 g/mol. The van der Waals surface area contributed by atoms with Crippen LogP contribution >= 0.6 is 0 Å². The normalized spacial score (nSPS) is 12.2. The van der Waals surface area contributed by atoms with E-state index in [0.717, 1.165) is 12.0 Å². The van der Waals surface area contributed by atoms with Crippen LogP contribution in [0.25, 0.3) is 0 Å². The summed E-state index contributed by atoms with van der Waals surface area (Å²) in [6, 6.07) is 7.01. The van der Waals surface area contributed by atoms with E-state index in [9.17, 15) is 4.79 Å². The van der Waals surface area contributed by atoms with Gasteiger partial charge in [-0.25, -0.2) is 0 Å². The fourth-order valence-electron chi connectivity index (χ4n) is 2.22. The van der Waals surface area contributed by atoms with Crippen molar-refractivity contribution in [3.05, 3.63) is 48.0 Å². The number of pyridine rings is 1. The van der Waals surface area contributed by atoms with Crippen LogP contribution in [-0.2, 0) is 0 Å². The minimum Gasteiger partial charge on any atom is -0.465 e. The van der Waals surface area contributed by atoms with Gasteiger partial charge in [-0.1, -0.05) is 19.9 Å². The smallest absolute Gasteiger partial charge is 0.287 e. The van der Waals surface area contributed by atoms with Crippen molar-refractivity contribution in [1.29, 1.82) is 0 Å². The Morgan fingerprint density at radius 2 is 2.18 bits per heavy atom. The van der Waals surface area contributed by atoms with Gasteiger partial charge < -0.3 is 14.5 Å².